The maximum absolute atomic E-state index is 13.0. The fourth-order valence-electron chi connectivity index (χ4n) is 4.57. The Bertz CT molecular complexity index is 847. The Morgan fingerprint density at radius 1 is 1.34 bits per heavy atom. The highest BCUT2D eigenvalue weighted by Gasteiger charge is 2.43. The van der Waals surface area contributed by atoms with Crippen molar-refractivity contribution in [2.75, 3.05) is 33.3 Å². The molecule has 0 aromatic carbocycles. The highest BCUT2D eigenvalue weighted by atomic mass is 16.5. The van der Waals surface area contributed by atoms with Crippen LogP contribution in [-0.2, 0) is 22.6 Å². The third-order valence-electron chi connectivity index (χ3n) is 6.06. The summed E-state index contributed by atoms with van der Waals surface area (Å²) in [5.41, 5.74) is 1.00. The van der Waals surface area contributed by atoms with Crippen molar-refractivity contribution in [3.8, 4) is 0 Å². The topological polar surface area (TPSA) is 91.7 Å². The maximum atomic E-state index is 13.0. The number of H-pyrrole nitrogens is 1. The number of amides is 2. The van der Waals surface area contributed by atoms with Gasteiger partial charge in [-0.3, -0.25) is 9.59 Å². The van der Waals surface area contributed by atoms with Gasteiger partial charge in [0.1, 0.15) is 12.4 Å². The molecule has 0 saturated carbocycles. The number of methoxy groups -OCH3 is 1. The van der Waals surface area contributed by atoms with Crippen LogP contribution >= 0.6 is 0 Å². The number of aromatic nitrogens is 2. The maximum Gasteiger partial charge on any atom is 0.289 e. The lowest BCUT2D eigenvalue weighted by molar-refractivity contribution is -0.138. The van der Waals surface area contributed by atoms with E-state index in [1.54, 1.807) is 31.8 Å². The van der Waals surface area contributed by atoms with Gasteiger partial charge in [-0.1, -0.05) is 0 Å². The number of imidazole rings is 1. The van der Waals surface area contributed by atoms with Gasteiger partial charge in [-0.05, 0) is 31.4 Å². The number of nitrogens with one attached hydrogen (secondary N) is 1. The molecule has 2 aromatic heterocycles. The number of rotatable bonds is 6. The Morgan fingerprint density at radius 2 is 2.24 bits per heavy atom. The molecule has 1 atom stereocenters. The van der Waals surface area contributed by atoms with Gasteiger partial charge in [0.25, 0.3) is 5.91 Å². The summed E-state index contributed by atoms with van der Waals surface area (Å²) in [4.78, 5) is 36.4. The monoisotopic (exact) mass is 400 g/mol. The van der Waals surface area contributed by atoms with Crippen LogP contribution in [0, 0.1) is 5.41 Å². The number of carbonyl (C=O) groups is 2. The first-order chi connectivity index (χ1) is 14.1. The minimum Gasteiger partial charge on any atom is -0.453 e. The number of carbonyl (C=O) groups excluding carboxylic acids is 2. The van der Waals surface area contributed by atoms with Crippen LogP contribution in [0.5, 0.6) is 0 Å². The van der Waals surface area contributed by atoms with E-state index in [1.165, 1.54) is 0 Å². The zero-order valence-electron chi connectivity index (χ0n) is 16.9. The molecule has 0 aliphatic carbocycles. The molecule has 1 spiro atoms. The molecule has 2 aliphatic heterocycles. The molecule has 0 bridgehead atoms. The molecular formula is C21H28N4O4. The zero-order chi connectivity index (χ0) is 20.3. The highest BCUT2D eigenvalue weighted by Crippen LogP contribution is 2.39. The Kier molecular flexibility index (Phi) is 5.71. The molecule has 2 fully saturated rings. The molecule has 8 heteroatoms. The molecule has 1 unspecified atom stereocenters. The fraction of sp³-hybridized carbons (Fsp3) is 0.571. The normalized spacial score (nSPS) is 22.4. The summed E-state index contributed by atoms with van der Waals surface area (Å²) in [6, 6.07) is 3.51. The van der Waals surface area contributed by atoms with Crippen molar-refractivity contribution < 1.29 is 18.7 Å². The van der Waals surface area contributed by atoms with Crippen molar-refractivity contribution in [2.45, 2.75) is 38.7 Å². The van der Waals surface area contributed by atoms with E-state index < -0.39 is 0 Å². The molecule has 2 aliphatic rings. The van der Waals surface area contributed by atoms with E-state index in [4.69, 9.17) is 9.15 Å². The van der Waals surface area contributed by atoms with Crippen LogP contribution in [0.1, 0.15) is 47.7 Å². The van der Waals surface area contributed by atoms with Crippen molar-refractivity contribution in [1.82, 2.24) is 19.8 Å². The SMILES string of the molecule is COCc1ccc(C(=O)N2CCCC3(CCC(=O)N(CCc4cnc[nH]4)C3)C2)o1. The van der Waals surface area contributed by atoms with Crippen molar-refractivity contribution >= 4 is 11.8 Å². The van der Waals surface area contributed by atoms with Crippen LogP contribution in [0.15, 0.2) is 29.1 Å². The number of likely N-dealkylation sites (tertiary alicyclic amines) is 2. The molecule has 4 rings (SSSR count). The van der Waals surface area contributed by atoms with Crippen LogP contribution in [0.2, 0.25) is 0 Å². The largest absolute Gasteiger partial charge is 0.453 e. The molecule has 4 heterocycles. The van der Waals surface area contributed by atoms with E-state index in [0.717, 1.165) is 37.9 Å². The van der Waals surface area contributed by atoms with Crippen molar-refractivity contribution in [1.29, 1.82) is 0 Å². The average molecular weight is 400 g/mol. The van der Waals surface area contributed by atoms with Gasteiger partial charge in [-0.2, -0.15) is 0 Å². The number of furan rings is 1. The van der Waals surface area contributed by atoms with E-state index in [0.29, 0.717) is 44.2 Å². The van der Waals surface area contributed by atoms with Gasteiger partial charge in [0.2, 0.25) is 5.91 Å². The number of hydrogen-bond acceptors (Lipinski definition) is 5. The molecule has 156 valence electrons. The Labute approximate surface area is 170 Å². The molecule has 29 heavy (non-hydrogen) atoms. The van der Waals surface area contributed by atoms with E-state index in [2.05, 4.69) is 9.97 Å². The van der Waals surface area contributed by atoms with Gasteiger partial charge < -0.3 is 23.9 Å². The lowest BCUT2D eigenvalue weighted by atomic mass is 9.73. The summed E-state index contributed by atoms with van der Waals surface area (Å²) in [6.07, 6.45) is 7.59. The molecule has 2 amide bonds. The van der Waals surface area contributed by atoms with Crippen molar-refractivity contribution in [2.24, 2.45) is 5.41 Å². The van der Waals surface area contributed by atoms with Gasteiger partial charge in [-0.25, -0.2) is 4.98 Å². The second-order valence-electron chi connectivity index (χ2n) is 8.17. The number of aromatic amines is 1. The summed E-state index contributed by atoms with van der Waals surface area (Å²) in [5.74, 6) is 1.13. The summed E-state index contributed by atoms with van der Waals surface area (Å²) in [6.45, 7) is 3.12. The third kappa shape index (κ3) is 4.37. The minimum atomic E-state index is -0.0765. The van der Waals surface area contributed by atoms with Crippen LogP contribution in [0.3, 0.4) is 0 Å². The first kappa shape index (κ1) is 19.7. The minimum absolute atomic E-state index is 0.0300. The first-order valence-corrected chi connectivity index (χ1v) is 10.2. The van der Waals surface area contributed by atoms with Gasteiger partial charge in [0.05, 0.1) is 6.33 Å². The van der Waals surface area contributed by atoms with Gasteiger partial charge in [0.15, 0.2) is 5.76 Å². The lowest BCUT2D eigenvalue weighted by Gasteiger charge is -2.48. The molecule has 2 aromatic rings. The quantitative estimate of drug-likeness (QED) is 0.803. The van der Waals surface area contributed by atoms with E-state index >= 15 is 0 Å². The number of piperidine rings is 2. The van der Waals surface area contributed by atoms with E-state index in [9.17, 15) is 9.59 Å². The summed E-state index contributed by atoms with van der Waals surface area (Å²) >= 11 is 0. The van der Waals surface area contributed by atoms with Crippen LogP contribution in [0.25, 0.3) is 0 Å². The van der Waals surface area contributed by atoms with E-state index in [-0.39, 0.29) is 17.2 Å². The van der Waals surface area contributed by atoms with Crippen molar-refractivity contribution in [3.05, 3.63) is 41.9 Å². The molecule has 2 saturated heterocycles. The molecular weight excluding hydrogens is 372 g/mol. The van der Waals surface area contributed by atoms with Crippen LogP contribution in [-0.4, -0.2) is 64.9 Å². The summed E-state index contributed by atoms with van der Waals surface area (Å²) in [7, 11) is 1.60. The predicted molar refractivity (Wildman–Crippen MR) is 105 cm³/mol. The highest BCUT2D eigenvalue weighted by molar-refractivity contribution is 5.91. The first-order valence-electron chi connectivity index (χ1n) is 10.2. The standard InChI is InChI=1S/C21H28N4O4/c1-28-12-17-3-4-18(29-17)20(27)25-9-2-7-21(14-25)8-5-19(26)24(13-21)10-6-16-11-22-15-23-16/h3-4,11,15H,2,5-10,12-14H2,1H3,(H,22,23). The van der Waals surface area contributed by atoms with E-state index in [1.807, 2.05) is 9.80 Å². The Morgan fingerprint density at radius 3 is 3.03 bits per heavy atom. The second kappa shape index (κ2) is 8.41. The Hall–Kier alpha value is -2.61. The fourth-order valence-corrected chi connectivity index (χ4v) is 4.57. The molecule has 0 radical (unpaired) electrons. The van der Waals surface area contributed by atoms with Gasteiger partial charge >= 0.3 is 0 Å². The number of hydrogen-bond donors (Lipinski definition) is 1. The molecule has 1 N–H and O–H groups in total. The van der Waals surface area contributed by atoms with Crippen LogP contribution in [0.4, 0.5) is 0 Å². The zero-order valence-corrected chi connectivity index (χ0v) is 16.9. The van der Waals surface area contributed by atoms with Crippen LogP contribution < -0.4 is 0 Å². The summed E-state index contributed by atoms with van der Waals surface area (Å²) in [5, 5.41) is 0. The third-order valence-corrected chi connectivity index (χ3v) is 6.06. The number of ether oxygens (including phenoxy) is 1. The Balaban J connectivity index is 1.41. The predicted octanol–water partition coefficient (Wildman–Crippen LogP) is 2.24. The lowest BCUT2D eigenvalue weighted by Crippen LogP contribution is -2.55. The molecule has 8 nitrogen and oxygen atoms in total. The second-order valence-corrected chi connectivity index (χ2v) is 8.17. The van der Waals surface area contributed by atoms with Crippen molar-refractivity contribution in [3.63, 3.8) is 0 Å². The van der Waals surface area contributed by atoms with Gasteiger partial charge in [-0.15, -0.1) is 0 Å². The smallest absolute Gasteiger partial charge is 0.289 e. The van der Waals surface area contributed by atoms with Gasteiger partial charge in [0, 0.05) is 63.4 Å². The number of nitrogens with zero attached hydrogens (tertiary/aromatic N) is 3. The average Bonchev–Trinajstić information content (AvgIpc) is 3.41. The summed E-state index contributed by atoms with van der Waals surface area (Å²) < 4.78 is 10.7.